The van der Waals surface area contributed by atoms with E-state index < -0.39 is 6.04 Å². The van der Waals surface area contributed by atoms with Crippen molar-refractivity contribution >= 4 is 35.3 Å². The molecule has 1 aliphatic rings. The fourth-order valence-electron chi connectivity index (χ4n) is 2.79. The molecule has 1 saturated heterocycles. The van der Waals surface area contributed by atoms with Crippen LogP contribution in [0.2, 0.25) is 0 Å². The molecule has 1 unspecified atom stereocenters. The normalized spacial score (nSPS) is 19.0. The molecule has 1 rings (SSSR count). The first-order chi connectivity index (χ1) is 11.3. The molecule has 1 fully saturated rings. The molecule has 136 valence electrons. The lowest BCUT2D eigenvalue weighted by Gasteiger charge is -2.19. The molecule has 24 heavy (non-hydrogen) atoms. The highest BCUT2D eigenvalue weighted by molar-refractivity contribution is 8.00. The summed E-state index contributed by atoms with van der Waals surface area (Å²) in [5.41, 5.74) is 0. The highest BCUT2D eigenvalue weighted by Gasteiger charge is 2.37. The van der Waals surface area contributed by atoms with Gasteiger partial charge >= 0.3 is 0 Å². The molecule has 1 aliphatic heterocycles. The number of carbonyl (C=O) groups excluding carboxylic acids is 4. The topological polar surface area (TPSA) is 83.6 Å². The van der Waals surface area contributed by atoms with Gasteiger partial charge in [-0.1, -0.05) is 20.3 Å². The molecular weight excluding hydrogens is 328 g/mol. The molecule has 0 aromatic rings. The van der Waals surface area contributed by atoms with Gasteiger partial charge in [0.25, 0.3) is 0 Å². The van der Waals surface area contributed by atoms with E-state index in [-0.39, 0.29) is 34.7 Å². The number of hydrogen-bond acceptors (Lipinski definition) is 5. The van der Waals surface area contributed by atoms with Crippen molar-refractivity contribution in [2.75, 3.05) is 12.8 Å². The van der Waals surface area contributed by atoms with Crippen LogP contribution in [0.15, 0.2) is 0 Å². The van der Waals surface area contributed by atoms with Gasteiger partial charge in [0.1, 0.15) is 0 Å². The van der Waals surface area contributed by atoms with E-state index in [1.807, 2.05) is 20.1 Å². The largest absolute Gasteiger partial charge is 0.346 e. The van der Waals surface area contributed by atoms with Crippen molar-refractivity contribution in [1.82, 2.24) is 10.2 Å². The summed E-state index contributed by atoms with van der Waals surface area (Å²) in [6.45, 7) is 5.71. The van der Waals surface area contributed by atoms with Crippen LogP contribution in [0.1, 0.15) is 52.9 Å². The minimum absolute atomic E-state index is 0.0345. The monoisotopic (exact) mass is 356 g/mol. The maximum Gasteiger partial charge on any atom is 0.242 e. The zero-order valence-corrected chi connectivity index (χ0v) is 15.8. The van der Waals surface area contributed by atoms with E-state index in [4.69, 9.17) is 0 Å². The Hall–Kier alpha value is -1.37. The van der Waals surface area contributed by atoms with Crippen LogP contribution < -0.4 is 5.32 Å². The van der Waals surface area contributed by atoms with Gasteiger partial charge in [-0.2, -0.15) is 11.8 Å². The molecule has 7 heteroatoms. The predicted octanol–water partition coefficient (Wildman–Crippen LogP) is 1.77. The highest BCUT2D eigenvalue weighted by atomic mass is 32.2. The average Bonchev–Trinajstić information content (AvgIpc) is 2.78. The summed E-state index contributed by atoms with van der Waals surface area (Å²) in [5, 5.41) is 2.53. The lowest BCUT2D eigenvalue weighted by Crippen LogP contribution is -2.43. The Morgan fingerprint density at radius 2 is 1.92 bits per heavy atom. The molecule has 3 amide bonds. The molecule has 0 aliphatic carbocycles. The summed E-state index contributed by atoms with van der Waals surface area (Å²) in [5.74, 6) is -0.278. The number of carbonyl (C=O) groups is 4. The number of imide groups is 1. The third kappa shape index (κ3) is 5.92. The van der Waals surface area contributed by atoms with Gasteiger partial charge in [-0.05, 0) is 31.9 Å². The van der Waals surface area contributed by atoms with Crippen LogP contribution in [0.3, 0.4) is 0 Å². The van der Waals surface area contributed by atoms with E-state index in [0.29, 0.717) is 32.2 Å². The molecule has 0 aromatic carbocycles. The molecule has 0 saturated carbocycles. The van der Waals surface area contributed by atoms with E-state index in [1.54, 1.807) is 0 Å². The summed E-state index contributed by atoms with van der Waals surface area (Å²) >= 11 is 1.41. The predicted molar refractivity (Wildman–Crippen MR) is 94.6 cm³/mol. The van der Waals surface area contributed by atoms with Crippen molar-refractivity contribution in [2.45, 2.75) is 64.2 Å². The zero-order valence-electron chi connectivity index (χ0n) is 15.0. The van der Waals surface area contributed by atoms with Gasteiger partial charge < -0.3 is 5.32 Å². The van der Waals surface area contributed by atoms with Crippen LogP contribution in [0.4, 0.5) is 0 Å². The Bertz CT molecular complexity index is 493. The summed E-state index contributed by atoms with van der Waals surface area (Å²) in [4.78, 5) is 48.4. The smallest absolute Gasteiger partial charge is 0.242 e. The van der Waals surface area contributed by atoms with Crippen LogP contribution in [0.25, 0.3) is 0 Å². The average molecular weight is 356 g/mol. The summed E-state index contributed by atoms with van der Waals surface area (Å²) in [6, 6.07) is -0.430. The number of Topliss-reactive ketones (excluding diaryl/α,β-unsaturated/α-hetero) is 1. The molecule has 0 aromatic heterocycles. The van der Waals surface area contributed by atoms with Crippen LogP contribution >= 0.6 is 11.8 Å². The molecule has 1 N–H and O–H groups in total. The summed E-state index contributed by atoms with van der Waals surface area (Å²) < 4.78 is 0. The number of nitrogens with zero attached hydrogens (tertiary/aromatic N) is 1. The molecule has 1 heterocycles. The maximum absolute atomic E-state index is 12.0. The number of likely N-dealkylation sites (tertiary alicyclic amines) is 1. The number of thioether (sulfide) groups is 1. The molecule has 0 spiro atoms. The Kier molecular flexibility index (Phi) is 8.45. The highest BCUT2D eigenvalue weighted by Crippen LogP contribution is 2.23. The van der Waals surface area contributed by atoms with E-state index in [1.165, 1.54) is 23.6 Å². The van der Waals surface area contributed by atoms with Gasteiger partial charge in [0.05, 0.1) is 11.3 Å². The first-order valence-corrected chi connectivity index (χ1v) is 9.73. The van der Waals surface area contributed by atoms with E-state index in [2.05, 4.69) is 5.32 Å². The number of ketones is 1. The zero-order chi connectivity index (χ0) is 18.3. The quantitative estimate of drug-likeness (QED) is 0.476. The van der Waals surface area contributed by atoms with Gasteiger partial charge in [0.2, 0.25) is 17.7 Å². The van der Waals surface area contributed by atoms with Crippen molar-refractivity contribution < 1.29 is 19.2 Å². The van der Waals surface area contributed by atoms with Crippen LogP contribution in [0, 0.1) is 5.92 Å². The number of nitrogens with one attached hydrogen (secondary N) is 1. The lowest BCUT2D eigenvalue weighted by atomic mass is 10.0. The van der Waals surface area contributed by atoms with Crippen LogP contribution in [-0.4, -0.2) is 52.5 Å². The second-order valence-corrected chi connectivity index (χ2v) is 7.56. The van der Waals surface area contributed by atoms with Crippen molar-refractivity contribution in [3.05, 3.63) is 0 Å². The van der Waals surface area contributed by atoms with E-state index in [0.717, 1.165) is 6.42 Å². The van der Waals surface area contributed by atoms with Gasteiger partial charge in [-0.15, -0.1) is 0 Å². The van der Waals surface area contributed by atoms with E-state index in [9.17, 15) is 19.2 Å². The number of unbranched alkanes of at least 4 members (excludes halogenated alkanes) is 2. The number of hydrogen-bond donors (Lipinski definition) is 1. The van der Waals surface area contributed by atoms with Crippen LogP contribution in [-0.2, 0) is 19.2 Å². The van der Waals surface area contributed by atoms with Gasteiger partial charge in [-0.3, -0.25) is 24.1 Å². The van der Waals surface area contributed by atoms with Crippen molar-refractivity contribution in [2.24, 2.45) is 5.92 Å². The second kappa shape index (κ2) is 9.81. The second-order valence-electron chi connectivity index (χ2n) is 6.52. The number of rotatable bonds is 10. The fourth-order valence-corrected chi connectivity index (χ4v) is 3.43. The Balaban J connectivity index is 2.24. The minimum Gasteiger partial charge on any atom is -0.346 e. The minimum atomic E-state index is -0.430. The standard InChI is InChI=1S/C17H28N2O4S/c1-11(2)16(12(3)20)18-14(21)8-6-5-7-9-19-15(22)10-13(24-4)17(19)23/h11,13,16H,5-10H2,1-4H3,(H,18,21)/t13?,16-/m0/s1. The number of amides is 3. The maximum atomic E-state index is 12.0. The lowest BCUT2D eigenvalue weighted by molar-refractivity contribution is -0.138. The molecule has 0 radical (unpaired) electrons. The van der Waals surface area contributed by atoms with E-state index >= 15 is 0 Å². The van der Waals surface area contributed by atoms with Crippen molar-refractivity contribution in [3.63, 3.8) is 0 Å². The first kappa shape index (κ1) is 20.7. The Morgan fingerprint density at radius 1 is 1.25 bits per heavy atom. The van der Waals surface area contributed by atoms with Gasteiger partial charge in [0.15, 0.2) is 5.78 Å². The Labute approximate surface area is 148 Å². The molecule has 2 atom stereocenters. The first-order valence-electron chi connectivity index (χ1n) is 8.44. The van der Waals surface area contributed by atoms with Crippen molar-refractivity contribution in [3.8, 4) is 0 Å². The third-order valence-corrected chi connectivity index (χ3v) is 5.13. The third-order valence-electron chi connectivity index (χ3n) is 4.19. The molecule has 0 bridgehead atoms. The van der Waals surface area contributed by atoms with Crippen LogP contribution in [0.5, 0.6) is 0 Å². The molecule has 6 nitrogen and oxygen atoms in total. The van der Waals surface area contributed by atoms with Gasteiger partial charge in [0, 0.05) is 19.4 Å². The fraction of sp³-hybridized carbons (Fsp3) is 0.765. The summed E-state index contributed by atoms with van der Waals surface area (Å²) in [6.07, 6.45) is 4.63. The van der Waals surface area contributed by atoms with Gasteiger partial charge in [-0.25, -0.2) is 0 Å². The SMILES string of the molecule is CSC1CC(=O)N(CCCCCC(=O)N[C@H](C(C)=O)C(C)C)C1=O. The molecular formula is C17H28N2O4S. The Morgan fingerprint density at radius 3 is 2.42 bits per heavy atom. The van der Waals surface area contributed by atoms with Crippen molar-refractivity contribution in [1.29, 1.82) is 0 Å². The summed E-state index contributed by atoms with van der Waals surface area (Å²) in [7, 11) is 0.